The van der Waals surface area contributed by atoms with E-state index in [-0.39, 0.29) is 36.8 Å². The first kappa shape index (κ1) is 22.0. The van der Waals surface area contributed by atoms with Crippen LogP contribution in [0, 0.1) is 17.1 Å². The van der Waals surface area contributed by atoms with Crippen molar-refractivity contribution in [3.05, 3.63) is 64.5 Å². The fraction of sp³-hybridized carbons (Fsp3) is 0.360. The summed E-state index contributed by atoms with van der Waals surface area (Å²) in [7, 11) is 0. The van der Waals surface area contributed by atoms with Crippen LogP contribution >= 0.6 is 0 Å². The zero-order valence-corrected chi connectivity index (χ0v) is 18.6. The molecule has 9 heteroatoms. The van der Waals surface area contributed by atoms with Crippen molar-refractivity contribution in [2.45, 2.75) is 32.0 Å². The van der Waals surface area contributed by atoms with Gasteiger partial charge in [-0.05, 0) is 30.2 Å². The highest BCUT2D eigenvalue weighted by Gasteiger charge is 2.41. The van der Waals surface area contributed by atoms with Gasteiger partial charge in [0.15, 0.2) is 0 Å². The standard InChI is InChI=1S/C25H24FN5O3/c26-18-11-19-20(15-31(25(19)34)21-5-6-23(32)28-24(21)33)22(12-18)30-9-7-29(8-10-30)14-17-4-2-1-3-16(17)13-27/h1-4,11-12,21H,5-10,14-15H2,(H,28,32,33). The van der Waals surface area contributed by atoms with E-state index in [0.717, 1.165) is 24.2 Å². The minimum atomic E-state index is -0.731. The number of carbonyl (C=O) groups is 3. The summed E-state index contributed by atoms with van der Waals surface area (Å²) in [5.41, 5.74) is 3.33. The molecule has 2 fully saturated rings. The zero-order valence-electron chi connectivity index (χ0n) is 18.6. The van der Waals surface area contributed by atoms with Crippen LogP contribution in [0.3, 0.4) is 0 Å². The number of piperazine rings is 1. The first-order valence-corrected chi connectivity index (χ1v) is 11.4. The van der Waals surface area contributed by atoms with Crippen molar-refractivity contribution in [3.63, 3.8) is 0 Å². The topological polar surface area (TPSA) is 96.8 Å². The second-order valence-corrected chi connectivity index (χ2v) is 8.88. The van der Waals surface area contributed by atoms with Gasteiger partial charge in [0.2, 0.25) is 11.8 Å². The van der Waals surface area contributed by atoms with Crippen molar-refractivity contribution in [2.75, 3.05) is 31.1 Å². The van der Waals surface area contributed by atoms with Crippen LogP contribution in [0.15, 0.2) is 36.4 Å². The number of nitrogens with zero attached hydrogens (tertiary/aromatic N) is 4. The molecule has 3 heterocycles. The first-order chi connectivity index (χ1) is 16.4. The number of halogens is 1. The van der Waals surface area contributed by atoms with Gasteiger partial charge in [0.05, 0.1) is 11.6 Å². The fourth-order valence-corrected chi connectivity index (χ4v) is 5.04. The third kappa shape index (κ3) is 4.01. The average molecular weight is 461 g/mol. The molecule has 1 unspecified atom stereocenters. The second kappa shape index (κ2) is 8.88. The number of hydrogen-bond acceptors (Lipinski definition) is 6. The Balaban J connectivity index is 1.32. The molecule has 3 aliphatic heterocycles. The summed E-state index contributed by atoms with van der Waals surface area (Å²) in [4.78, 5) is 42.7. The summed E-state index contributed by atoms with van der Waals surface area (Å²) in [6, 6.07) is 11.7. The minimum Gasteiger partial charge on any atom is -0.369 e. The van der Waals surface area contributed by atoms with Crippen molar-refractivity contribution in [3.8, 4) is 6.07 Å². The van der Waals surface area contributed by atoms with Gasteiger partial charge in [-0.1, -0.05) is 18.2 Å². The van der Waals surface area contributed by atoms with Crippen molar-refractivity contribution in [1.82, 2.24) is 15.1 Å². The number of nitriles is 1. The molecule has 0 aliphatic carbocycles. The molecular formula is C25H24FN5O3. The molecule has 5 rings (SSSR count). The number of imide groups is 1. The van der Waals surface area contributed by atoms with Crippen LogP contribution in [0.4, 0.5) is 10.1 Å². The lowest BCUT2D eigenvalue weighted by atomic mass is 10.0. The van der Waals surface area contributed by atoms with Crippen LogP contribution in [-0.4, -0.2) is 59.7 Å². The predicted octanol–water partition coefficient (Wildman–Crippen LogP) is 1.78. The lowest BCUT2D eigenvalue weighted by molar-refractivity contribution is -0.136. The van der Waals surface area contributed by atoms with E-state index in [1.54, 1.807) is 0 Å². The van der Waals surface area contributed by atoms with Gasteiger partial charge in [-0.25, -0.2) is 4.39 Å². The molecule has 34 heavy (non-hydrogen) atoms. The summed E-state index contributed by atoms with van der Waals surface area (Å²) >= 11 is 0. The second-order valence-electron chi connectivity index (χ2n) is 8.88. The smallest absolute Gasteiger partial charge is 0.255 e. The van der Waals surface area contributed by atoms with E-state index in [0.29, 0.717) is 30.9 Å². The molecule has 0 aromatic heterocycles. The third-order valence-electron chi connectivity index (χ3n) is 6.84. The highest BCUT2D eigenvalue weighted by Crippen LogP contribution is 2.35. The molecule has 2 aromatic carbocycles. The Hall–Kier alpha value is -3.77. The van der Waals surface area contributed by atoms with Crippen molar-refractivity contribution in [1.29, 1.82) is 5.26 Å². The van der Waals surface area contributed by atoms with Gasteiger partial charge in [-0.15, -0.1) is 0 Å². The molecule has 0 radical (unpaired) electrons. The molecule has 3 amide bonds. The van der Waals surface area contributed by atoms with Crippen LogP contribution in [0.1, 0.15) is 39.9 Å². The monoisotopic (exact) mass is 461 g/mol. The first-order valence-electron chi connectivity index (χ1n) is 11.4. The van der Waals surface area contributed by atoms with E-state index >= 15 is 0 Å². The maximum Gasteiger partial charge on any atom is 0.255 e. The van der Waals surface area contributed by atoms with Gasteiger partial charge in [0.25, 0.3) is 5.91 Å². The molecule has 0 saturated carbocycles. The quantitative estimate of drug-likeness (QED) is 0.698. The Bertz CT molecular complexity index is 1220. The molecular weight excluding hydrogens is 437 g/mol. The third-order valence-corrected chi connectivity index (χ3v) is 6.84. The number of carbonyl (C=O) groups excluding carboxylic acids is 3. The lowest BCUT2D eigenvalue weighted by Crippen LogP contribution is -2.52. The van der Waals surface area contributed by atoms with E-state index in [1.165, 1.54) is 17.0 Å². The summed E-state index contributed by atoms with van der Waals surface area (Å²) in [5, 5.41) is 11.6. The number of rotatable bonds is 4. The van der Waals surface area contributed by atoms with Gasteiger partial charge in [0, 0.05) is 62.5 Å². The molecule has 2 saturated heterocycles. The molecule has 0 spiro atoms. The van der Waals surface area contributed by atoms with E-state index in [9.17, 15) is 24.0 Å². The Morgan fingerprint density at radius 2 is 1.85 bits per heavy atom. The fourth-order valence-electron chi connectivity index (χ4n) is 5.04. The summed E-state index contributed by atoms with van der Waals surface area (Å²) in [6.45, 7) is 3.65. The predicted molar refractivity (Wildman–Crippen MR) is 121 cm³/mol. The van der Waals surface area contributed by atoms with Crippen molar-refractivity contribution in [2.24, 2.45) is 0 Å². The van der Waals surface area contributed by atoms with Gasteiger partial charge in [-0.2, -0.15) is 5.26 Å². The van der Waals surface area contributed by atoms with Crippen LogP contribution in [-0.2, 0) is 22.7 Å². The van der Waals surface area contributed by atoms with Gasteiger partial charge < -0.3 is 9.80 Å². The number of benzene rings is 2. The lowest BCUT2D eigenvalue weighted by Gasteiger charge is -2.37. The van der Waals surface area contributed by atoms with Gasteiger partial charge >= 0.3 is 0 Å². The van der Waals surface area contributed by atoms with Crippen LogP contribution in [0.5, 0.6) is 0 Å². The molecule has 1 N–H and O–H groups in total. The highest BCUT2D eigenvalue weighted by atomic mass is 19.1. The Morgan fingerprint density at radius 3 is 2.59 bits per heavy atom. The maximum atomic E-state index is 14.5. The highest BCUT2D eigenvalue weighted by molar-refractivity contribution is 6.06. The molecule has 2 aromatic rings. The van der Waals surface area contributed by atoms with E-state index < -0.39 is 17.8 Å². The van der Waals surface area contributed by atoms with E-state index in [4.69, 9.17) is 0 Å². The molecule has 0 bridgehead atoms. The van der Waals surface area contributed by atoms with E-state index in [2.05, 4.69) is 21.2 Å². The molecule has 8 nitrogen and oxygen atoms in total. The van der Waals surface area contributed by atoms with E-state index in [1.807, 2.05) is 24.3 Å². The minimum absolute atomic E-state index is 0.175. The Labute approximate surface area is 196 Å². The van der Waals surface area contributed by atoms with Crippen molar-refractivity contribution >= 4 is 23.4 Å². The van der Waals surface area contributed by atoms with Gasteiger partial charge in [0.1, 0.15) is 11.9 Å². The number of amides is 3. The number of fused-ring (bicyclic) bond motifs is 1. The van der Waals surface area contributed by atoms with Crippen LogP contribution in [0.2, 0.25) is 0 Å². The Kier molecular flexibility index (Phi) is 5.75. The number of piperidine rings is 1. The number of anilines is 1. The largest absolute Gasteiger partial charge is 0.369 e. The normalized spacial score (nSPS) is 20.8. The summed E-state index contributed by atoms with van der Waals surface area (Å²) in [5.74, 6) is -1.69. The number of nitrogens with one attached hydrogen (secondary N) is 1. The number of hydrogen-bond donors (Lipinski definition) is 1. The summed E-state index contributed by atoms with van der Waals surface area (Å²) in [6.07, 6.45) is 0.444. The molecule has 3 aliphatic rings. The van der Waals surface area contributed by atoms with Crippen LogP contribution < -0.4 is 10.2 Å². The average Bonchev–Trinajstić information content (AvgIpc) is 3.15. The van der Waals surface area contributed by atoms with Crippen LogP contribution in [0.25, 0.3) is 0 Å². The summed E-state index contributed by atoms with van der Waals surface area (Å²) < 4.78 is 14.5. The molecule has 1 atom stereocenters. The SMILES string of the molecule is N#Cc1ccccc1CN1CCN(c2cc(F)cc3c2CN(C2CCC(=O)NC2=O)C3=O)CC1. The van der Waals surface area contributed by atoms with Crippen molar-refractivity contribution < 1.29 is 18.8 Å². The zero-order chi connectivity index (χ0) is 23.8. The Morgan fingerprint density at radius 1 is 1.09 bits per heavy atom. The molecule has 174 valence electrons. The maximum absolute atomic E-state index is 14.5. The van der Waals surface area contributed by atoms with Gasteiger partial charge in [-0.3, -0.25) is 24.6 Å².